The standard InChI is InChI=1S/C13H12N2O5S/c16-11-10-5-13(21-11,7-14-10)12(17)20-6-8-1-3-9(4-2-8)15(18)19/h1-4,10,14H,5-7H2. The van der Waals surface area contributed by atoms with Gasteiger partial charge in [-0.3, -0.25) is 19.7 Å². The van der Waals surface area contributed by atoms with Crippen LogP contribution in [0.1, 0.15) is 12.0 Å². The van der Waals surface area contributed by atoms with Crippen LogP contribution in [0.3, 0.4) is 0 Å². The number of ether oxygens (including phenoxy) is 1. The SMILES string of the molecule is O=C1SC2(C(=O)OCc3ccc([N+](=O)[O-])cc3)CNC1C2. The zero-order valence-corrected chi connectivity index (χ0v) is 11.7. The lowest BCUT2D eigenvalue weighted by molar-refractivity contribution is -0.384. The molecule has 1 N–H and O–H groups in total. The van der Waals surface area contributed by atoms with E-state index >= 15 is 0 Å². The number of nitrogens with zero attached hydrogens (tertiary/aromatic N) is 1. The minimum atomic E-state index is -0.803. The van der Waals surface area contributed by atoms with Gasteiger partial charge in [-0.25, -0.2) is 0 Å². The number of fused-ring (bicyclic) bond motifs is 2. The number of nitrogens with one attached hydrogen (secondary N) is 1. The van der Waals surface area contributed by atoms with Crippen molar-refractivity contribution in [1.29, 1.82) is 0 Å². The fraction of sp³-hybridized carbons (Fsp3) is 0.385. The molecule has 0 radical (unpaired) electrons. The van der Waals surface area contributed by atoms with Gasteiger partial charge in [-0.1, -0.05) is 11.8 Å². The van der Waals surface area contributed by atoms with Crippen LogP contribution in [0, 0.1) is 10.1 Å². The second kappa shape index (κ2) is 5.12. The maximum absolute atomic E-state index is 12.2. The molecule has 110 valence electrons. The van der Waals surface area contributed by atoms with Crippen LogP contribution in [0.15, 0.2) is 24.3 Å². The summed E-state index contributed by atoms with van der Waals surface area (Å²) >= 11 is 1.05. The molecule has 0 spiro atoms. The van der Waals surface area contributed by atoms with Crippen molar-refractivity contribution in [2.24, 2.45) is 0 Å². The number of carbonyl (C=O) groups is 2. The second-order valence-corrected chi connectivity index (χ2v) is 6.44. The average Bonchev–Trinajstić information content (AvgIpc) is 3.04. The normalized spacial score (nSPS) is 26.9. The van der Waals surface area contributed by atoms with Gasteiger partial charge in [0.25, 0.3) is 5.69 Å². The van der Waals surface area contributed by atoms with Crippen molar-refractivity contribution in [3.63, 3.8) is 0 Å². The monoisotopic (exact) mass is 308 g/mol. The van der Waals surface area contributed by atoms with Crippen molar-refractivity contribution in [2.45, 2.75) is 23.8 Å². The lowest BCUT2D eigenvalue weighted by Gasteiger charge is -2.22. The minimum absolute atomic E-state index is 0.0107. The molecule has 1 aromatic rings. The van der Waals surface area contributed by atoms with Gasteiger partial charge in [-0.15, -0.1) is 0 Å². The molecule has 2 saturated heterocycles. The van der Waals surface area contributed by atoms with Gasteiger partial charge in [0, 0.05) is 18.7 Å². The highest BCUT2D eigenvalue weighted by molar-refractivity contribution is 8.16. The summed E-state index contributed by atoms with van der Waals surface area (Å²) in [5.41, 5.74) is 0.658. The Kier molecular flexibility index (Phi) is 3.42. The van der Waals surface area contributed by atoms with E-state index in [0.717, 1.165) is 11.8 Å². The molecule has 2 bridgehead atoms. The highest BCUT2D eigenvalue weighted by Gasteiger charge is 2.57. The second-order valence-electron chi connectivity index (χ2n) is 5.05. The predicted molar refractivity (Wildman–Crippen MR) is 74.6 cm³/mol. The molecular formula is C13H12N2O5S. The number of thioether (sulfide) groups is 1. The molecule has 7 nitrogen and oxygen atoms in total. The van der Waals surface area contributed by atoms with Gasteiger partial charge in [-0.05, 0) is 24.1 Å². The van der Waals surface area contributed by atoms with Gasteiger partial charge in [0.05, 0.1) is 11.0 Å². The van der Waals surface area contributed by atoms with E-state index in [-0.39, 0.29) is 23.5 Å². The van der Waals surface area contributed by atoms with Crippen molar-refractivity contribution in [3.05, 3.63) is 39.9 Å². The smallest absolute Gasteiger partial charge is 0.324 e. The number of carbonyl (C=O) groups excluding carboxylic acids is 2. The Morgan fingerprint density at radius 2 is 2.19 bits per heavy atom. The summed E-state index contributed by atoms with van der Waals surface area (Å²) in [7, 11) is 0. The lowest BCUT2D eigenvalue weighted by atomic mass is 10.1. The fourth-order valence-electron chi connectivity index (χ4n) is 2.46. The van der Waals surface area contributed by atoms with E-state index < -0.39 is 15.6 Å². The van der Waals surface area contributed by atoms with Crippen LogP contribution in [0.4, 0.5) is 5.69 Å². The van der Waals surface area contributed by atoms with Crippen molar-refractivity contribution < 1.29 is 19.2 Å². The fourth-order valence-corrected chi connectivity index (χ4v) is 3.70. The van der Waals surface area contributed by atoms with Crippen LogP contribution >= 0.6 is 11.8 Å². The van der Waals surface area contributed by atoms with Crippen LogP contribution in [0.2, 0.25) is 0 Å². The minimum Gasteiger partial charge on any atom is -0.460 e. The molecule has 0 amide bonds. The first-order valence-corrected chi connectivity index (χ1v) is 7.19. The number of hydrogen-bond donors (Lipinski definition) is 1. The van der Waals surface area contributed by atoms with Crippen LogP contribution in [-0.4, -0.2) is 33.3 Å². The summed E-state index contributed by atoms with van der Waals surface area (Å²) < 4.78 is 4.46. The Hall–Kier alpha value is -1.93. The van der Waals surface area contributed by atoms with Crippen molar-refractivity contribution in [2.75, 3.05) is 6.54 Å². The van der Waals surface area contributed by atoms with Gasteiger partial charge in [0.15, 0.2) is 0 Å². The lowest BCUT2D eigenvalue weighted by Crippen LogP contribution is -2.41. The van der Waals surface area contributed by atoms with Gasteiger partial charge >= 0.3 is 5.97 Å². The molecule has 8 heteroatoms. The van der Waals surface area contributed by atoms with Crippen LogP contribution in [0.25, 0.3) is 0 Å². The largest absolute Gasteiger partial charge is 0.460 e. The Morgan fingerprint density at radius 1 is 1.48 bits per heavy atom. The molecule has 2 fully saturated rings. The number of esters is 1. The highest BCUT2D eigenvalue weighted by atomic mass is 32.2. The molecule has 2 heterocycles. The van der Waals surface area contributed by atoms with E-state index in [1.807, 2.05) is 0 Å². The zero-order chi connectivity index (χ0) is 15.0. The third-order valence-corrected chi connectivity index (χ3v) is 4.99. The van der Waals surface area contributed by atoms with Gasteiger partial charge in [-0.2, -0.15) is 0 Å². The van der Waals surface area contributed by atoms with Crippen LogP contribution < -0.4 is 5.32 Å². The predicted octanol–water partition coefficient (Wildman–Crippen LogP) is 1.01. The van der Waals surface area contributed by atoms with Crippen LogP contribution in [-0.2, 0) is 20.9 Å². The van der Waals surface area contributed by atoms with E-state index in [4.69, 9.17) is 4.74 Å². The molecule has 0 saturated carbocycles. The topological polar surface area (TPSA) is 98.5 Å². The Balaban J connectivity index is 1.61. The van der Waals surface area contributed by atoms with E-state index in [9.17, 15) is 19.7 Å². The highest BCUT2D eigenvalue weighted by Crippen LogP contribution is 2.44. The Labute approximate surface area is 124 Å². The molecule has 3 rings (SSSR count). The number of non-ortho nitro benzene ring substituents is 1. The van der Waals surface area contributed by atoms with Crippen molar-refractivity contribution in [3.8, 4) is 0 Å². The number of nitro groups is 1. The summed E-state index contributed by atoms with van der Waals surface area (Å²) in [4.78, 5) is 33.8. The average molecular weight is 308 g/mol. The number of hydrogen-bond acceptors (Lipinski definition) is 7. The molecular weight excluding hydrogens is 296 g/mol. The third kappa shape index (κ3) is 2.52. The number of benzene rings is 1. The summed E-state index contributed by atoms with van der Waals surface area (Å²) in [6, 6.07) is 5.57. The molecule has 2 aliphatic rings. The first-order valence-electron chi connectivity index (χ1n) is 6.37. The molecule has 0 aromatic heterocycles. The Morgan fingerprint density at radius 3 is 2.71 bits per heavy atom. The summed E-state index contributed by atoms with van der Waals surface area (Å²) in [5, 5.41) is 13.5. The third-order valence-electron chi connectivity index (χ3n) is 3.64. The molecule has 2 atom stereocenters. The summed E-state index contributed by atoms with van der Waals surface area (Å²) in [5.74, 6) is -0.410. The first-order chi connectivity index (χ1) is 10.00. The summed E-state index contributed by atoms with van der Waals surface area (Å²) in [6.45, 7) is 0.477. The van der Waals surface area contributed by atoms with E-state index in [1.54, 1.807) is 12.1 Å². The Bertz CT molecular complexity index is 617. The summed E-state index contributed by atoms with van der Waals surface area (Å²) in [6.07, 6.45) is 0.468. The van der Waals surface area contributed by atoms with Gasteiger partial charge in [0.1, 0.15) is 11.4 Å². The maximum Gasteiger partial charge on any atom is 0.324 e. The maximum atomic E-state index is 12.2. The van der Waals surface area contributed by atoms with Crippen molar-refractivity contribution >= 4 is 28.5 Å². The molecule has 2 aliphatic heterocycles. The molecule has 2 unspecified atom stereocenters. The quantitative estimate of drug-likeness (QED) is 0.503. The molecule has 1 aromatic carbocycles. The van der Waals surface area contributed by atoms with Crippen molar-refractivity contribution in [1.82, 2.24) is 5.32 Å². The van der Waals surface area contributed by atoms with Gasteiger partial charge in [0.2, 0.25) is 5.12 Å². The molecule has 21 heavy (non-hydrogen) atoms. The molecule has 0 aliphatic carbocycles. The number of rotatable bonds is 4. The zero-order valence-electron chi connectivity index (χ0n) is 10.9. The van der Waals surface area contributed by atoms with E-state index in [0.29, 0.717) is 18.5 Å². The van der Waals surface area contributed by atoms with Gasteiger partial charge < -0.3 is 10.1 Å². The number of nitro benzene ring substituents is 1. The first kappa shape index (κ1) is 14.0. The van der Waals surface area contributed by atoms with E-state index in [1.165, 1.54) is 12.1 Å². The van der Waals surface area contributed by atoms with Crippen LogP contribution in [0.5, 0.6) is 0 Å². The van der Waals surface area contributed by atoms with E-state index in [2.05, 4.69) is 5.32 Å².